The highest BCUT2D eigenvalue weighted by Crippen LogP contribution is 2.21. The van der Waals surface area contributed by atoms with Gasteiger partial charge in [0, 0.05) is 5.69 Å². The minimum atomic E-state index is -3.40. The van der Waals surface area contributed by atoms with Gasteiger partial charge in [-0.3, -0.25) is 9.52 Å². The summed E-state index contributed by atoms with van der Waals surface area (Å²) in [6, 6.07) is 10.1. The summed E-state index contributed by atoms with van der Waals surface area (Å²) in [5.41, 5.74) is 2.89. The number of benzene rings is 2. The average Bonchev–Trinajstić information content (AvgIpc) is 2.53. The fraction of sp³-hybridized carbons (Fsp3) is 0.278. The summed E-state index contributed by atoms with van der Waals surface area (Å²) in [7, 11) is -3.40. The van der Waals surface area contributed by atoms with Crippen molar-refractivity contribution in [3.05, 3.63) is 58.1 Å². The molecule has 0 radical (unpaired) electrons. The van der Waals surface area contributed by atoms with Gasteiger partial charge in [0.2, 0.25) is 10.0 Å². The third kappa shape index (κ3) is 5.93. The molecule has 1 amide bonds. The van der Waals surface area contributed by atoms with Crippen molar-refractivity contribution in [3.8, 4) is 5.75 Å². The van der Waals surface area contributed by atoms with E-state index in [4.69, 9.17) is 16.3 Å². The quantitative estimate of drug-likeness (QED) is 0.704. The highest BCUT2D eigenvalue weighted by molar-refractivity contribution is 7.92. The van der Waals surface area contributed by atoms with Crippen LogP contribution in [0.1, 0.15) is 21.5 Å². The van der Waals surface area contributed by atoms with Crippen LogP contribution in [0.2, 0.25) is 5.02 Å². The number of anilines is 1. The molecule has 0 aliphatic rings. The van der Waals surface area contributed by atoms with Crippen molar-refractivity contribution < 1.29 is 17.9 Å². The lowest BCUT2D eigenvalue weighted by Crippen LogP contribution is -2.28. The molecule has 0 spiro atoms. The molecule has 0 aromatic heterocycles. The number of nitrogens with one attached hydrogen (secondary N) is 2. The Morgan fingerprint density at radius 3 is 2.46 bits per heavy atom. The summed E-state index contributed by atoms with van der Waals surface area (Å²) >= 11 is 6.07. The minimum Gasteiger partial charge on any atom is -0.492 e. The molecule has 2 rings (SSSR count). The molecule has 0 saturated carbocycles. The SMILES string of the molecule is Cc1ccc(OCCNC(=O)c2ccc(NS(C)(=O)=O)cc2Cl)cc1C. The minimum absolute atomic E-state index is 0.159. The van der Waals surface area contributed by atoms with Crippen LogP contribution in [0.25, 0.3) is 0 Å². The Morgan fingerprint density at radius 1 is 1.12 bits per heavy atom. The maximum Gasteiger partial charge on any atom is 0.252 e. The van der Waals surface area contributed by atoms with Gasteiger partial charge >= 0.3 is 0 Å². The van der Waals surface area contributed by atoms with Crippen LogP contribution in [0.4, 0.5) is 5.69 Å². The van der Waals surface area contributed by atoms with E-state index in [-0.39, 0.29) is 16.5 Å². The van der Waals surface area contributed by atoms with E-state index < -0.39 is 10.0 Å². The van der Waals surface area contributed by atoms with Crippen LogP contribution >= 0.6 is 11.6 Å². The van der Waals surface area contributed by atoms with E-state index >= 15 is 0 Å². The molecule has 8 heteroatoms. The Kier molecular flexibility index (Phi) is 6.50. The predicted octanol–water partition coefficient (Wildman–Crippen LogP) is 3.14. The summed E-state index contributed by atoms with van der Waals surface area (Å²) in [6.07, 6.45) is 1.04. The van der Waals surface area contributed by atoms with E-state index in [2.05, 4.69) is 10.0 Å². The van der Waals surface area contributed by atoms with Crippen molar-refractivity contribution in [1.29, 1.82) is 0 Å². The second-order valence-corrected chi connectivity index (χ2v) is 8.07. The van der Waals surface area contributed by atoms with Gasteiger partial charge in [-0.15, -0.1) is 0 Å². The van der Waals surface area contributed by atoms with Crippen LogP contribution in [-0.2, 0) is 10.0 Å². The van der Waals surface area contributed by atoms with E-state index in [1.807, 2.05) is 32.0 Å². The Bertz CT molecular complexity index is 913. The van der Waals surface area contributed by atoms with Crippen molar-refractivity contribution >= 4 is 33.2 Å². The number of hydrogen-bond acceptors (Lipinski definition) is 4. The zero-order valence-corrected chi connectivity index (χ0v) is 16.4. The molecule has 0 atom stereocenters. The third-order valence-corrected chi connectivity index (χ3v) is 4.57. The molecule has 0 bridgehead atoms. The molecule has 0 heterocycles. The summed E-state index contributed by atoms with van der Waals surface area (Å²) in [4.78, 5) is 12.2. The molecule has 6 nitrogen and oxygen atoms in total. The fourth-order valence-electron chi connectivity index (χ4n) is 2.21. The number of amides is 1. The van der Waals surface area contributed by atoms with Gasteiger partial charge in [0.05, 0.1) is 23.4 Å². The van der Waals surface area contributed by atoms with E-state index in [1.165, 1.54) is 23.8 Å². The van der Waals surface area contributed by atoms with Gasteiger partial charge in [0.25, 0.3) is 5.91 Å². The van der Waals surface area contributed by atoms with Crippen LogP contribution in [0.3, 0.4) is 0 Å². The molecule has 0 unspecified atom stereocenters. The van der Waals surface area contributed by atoms with Gasteiger partial charge in [-0.05, 0) is 55.3 Å². The van der Waals surface area contributed by atoms with Crippen molar-refractivity contribution in [2.24, 2.45) is 0 Å². The molecular formula is C18H21ClN2O4S. The molecule has 140 valence electrons. The number of hydrogen-bond donors (Lipinski definition) is 2. The zero-order valence-electron chi connectivity index (χ0n) is 14.8. The first-order valence-corrected chi connectivity index (χ1v) is 10.2. The molecule has 0 aliphatic carbocycles. The monoisotopic (exact) mass is 396 g/mol. The highest BCUT2D eigenvalue weighted by Gasteiger charge is 2.12. The Balaban J connectivity index is 1.88. The Hall–Kier alpha value is -2.25. The van der Waals surface area contributed by atoms with Crippen molar-refractivity contribution in [2.45, 2.75) is 13.8 Å². The van der Waals surface area contributed by atoms with Gasteiger partial charge in [-0.2, -0.15) is 0 Å². The number of rotatable bonds is 7. The van der Waals surface area contributed by atoms with Gasteiger partial charge in [-0.1, -0.05) is 17.7 Å². The maximum atomic E-state index is 12.2. The second-order valence-electron chi connectivity index (χ2n) is 5.92. The standard InChI is InChI=1S/C18H21ClN2O4S/c1-12-4-6-15(10-13(12)2)25-9-8-20-18(22)16-7-5-14(11-17(16)19)21-26(3,23)24/h4-7,10-11,21H,8-9H2,1-3H3,(H,20,22). The van der Waals surface area contributed by atoms with E-state index in [1.54, 1.807) is 0 Å². The third-order valence-electron chi connectivity index (χ3n) is 3.65. The van der Waals surface area contributed by atoms with Crippen molar-refractivity contribution in [2.75, 3.05) is 24.1 Å². The Morgan fingerprint density at radius 2 is 1.85 bits per heavy atom. The van der Waals surface area contributed by atoms with Crippen molar-refractivity contribution in [1.82, 2.24) is 5.32 Å². The number of carbonyl (C=O) groups excluding carboxylic acids is 1. The fourth-order valence-corrected chi connectivity index (χ4v) is 3.03. The van der Waals surface area contributed by atoms with Crippen molar-refractivity contribution in [3.63, 3.8) is 0 Å². The summed E-state index contributed by atoms with van der Waals surface area (Å²) < 4.78 is 30.3. The number of sulfonamides is 1. The van der Waals surface area contributed by atoms with Crippen LogP contribution in [0.5, 0.6) is 5.75 Å². The van der Waals surface area contributed by atoms with Crippen LogP contribution in [0.15, 0.2) is 36.4 Å². The number of ether oxygens (including phenoxy) is 1. The first-order chi connectivity index (χ1) is 12.2. The van der Waals surface area contributed by atoms with Crippen LogP contribution in [-0.4, -0.2) is 33.7 Å². The van der Waals surface area contributed by atoms with Crippen LogP contribution in [0, 0.1) is 13.8 Å². The predicted molar refractivity (Wildman–Crippen MR) is 104 cm³/mol. The smallest absolute Gasteiger partial charge is 0.252 e. The van der Waals surface area contributed by atoms with Gasteiger partial charge in [0.1, 0.15) is 12.4 Å². The lowest BCUT2D eigenvalue weighted by molar-refractivity contribution is 0.0947. The van der Waals surface area contributed by atoms with E-state index in [0.29, 0.717) is 18.8 Å². The lowest BCUT2D eigenvalue weighted by atomic mass is 10.1. The van der Waals surface area contributed by atoms with Gasteiger partial charge in [0.15, 0.2) is 0 Å². The largest absolute Gasteiger partial charge is 0.492 e. The molecule has 2 N–H and O–H groups in total. The Labute approximate surface area is 158 Å². The number of halogens is 1. The molecule has 0 saturated heterocycles. The molecule has 26 heavy (non-hydrogen) atoms. The average molecular weight is 397 g/mol. The molecular weight excluding hydrogens is 376 g/mol. The second kappa shape index (κ2) is 8.42. The van der Waals surface area contributed by atoms with Crippen LogP contribution < -0.4 is 14.8 Å². The maximum absolute atomic E-state index is 12.2. The lowest BCUT2D eigenvalue weighted by Gasteiger charge is -2.11. The number of aryl methyl sites for hydroxylation is 2. The zero-order chi connectivity index (χ0) is 19.3. The van der Waals surface area contributed by atoms with E-state index in [9.17, 15) is 13.2 Å². The summed E-state index contributed by atoms with van der Waals surface area (Å²) in [6.45, 7) is 4.67. The molecule has 0 fully saturated rings. The summed E-state index contributed by atoms with van der Waals surface area (Å²) in [5, 5.41) is 2.88. The summed E-state index contributed by atoms with van der Waals surface area (Å²) in [5.74, 6) is 0.390. The number of carbonyl (C=O) groups is 1. The highest BCUT2D eigenvalue weighted by atomic mass is 35.5. The molecule has 0 aliphatic heterocycles. The topological polar surface area (TPSA) is 84.5 Å². The van der Waals surface area contributed by atoms with Gasteiger partial charge in [-0.25, -0.2) is 8.42 Å². The first-order valence-electron chi connectivity index (χ1n) is 7.91. The van der Waals surface area contributed by atoms with Gasteiger partial charge < -0.3 is 10.1 Å². The molecule has 2 aromatic rings. The normalized spacial score (nSPS) is 11.1. The first kappa shape index (κ1) is 20.1. The van der Waals surface area contributed by atoms with E-state index in [0.717, 1.165) is 17.6 Å². The molecule has 2 aromatic carbocycles.